The maximum Gasteiger partial charge on any atom is 0.311 e. The van der Waals surface area contributed by atoms with Crippen molar-refractivity contribution < 1.29 is 14.3 Å². The second-order valence-corrected chi connectivity index (χ2v) is 8.87. The van der Waals surface area contributed by atoms with Crippen LogP contribution >= 0.6 is 23.2 Å². The molecule has 0 amide bonds. The van der Waals surface area contributed by atoms with Gasteiger partial charge in [-0.25, -0.2) is 0 Å². The molecular weight excluding hydrogens is 409 g/mol. The molecule has 2 unspecified atom stereocenters. The smallest absolute Gasteiger partial charge is 0.311 e. The fourth-order valence-electron chi connectivity index (χ4n) is 4.70. The summed E-state index contributed by atoms with van der Waals surface area (Å²) in [5, 5.41) is 9.58. The van der Waals surface area contributed by atoms with Crippen molar-refractivity contribution in [2.45, 2.75) is 20.0 Å². The summed E-state index contributed by atoms with van der Waals surface area (Å²) in [5.74, 6) is 0.779. The van der Waals surface area contributed by atoms with Gasteiger partial charge in [-0.1, -0.05) is 67.4 Å². The van der Waals surface area contributed by atoms with Crippen LogP contribution in [0.4, 0.5) is 0 Å². The summed E-state index contributed by atoms with van der Waals surface area (Å²) in [4.78, 5) is 12.7. The van der Waals surface area contributed by atoms with Crippen molar-refractivity contribution in [2.24, 2.45) is 22.7 Å². The molecule has 3 atom stereocenters. The molecule has 0 bridgehead atoms. The van der Waals surface area contributed by atoms with E-state index >= 15 is 0 Å². The van der Waals surface area contributed by atoms with Gasteiger partial charge in [0, 0.05) is 5.56 Å². The maximum atomic E-state index is 12.7. The minimum absolute atomic E-state index is 0.153. The molecule has 0 spiro atoms. The van der Waals surface area contributed by atoms with Crippen LogP contribution < -0.4 is 4.74 Å². The van der Waals surface area contributed by atoms with Gasteiger partial charge in [-0.15, -0.1) is 0 Å². The first kappa shape index (κ1) is 19.8. The van der Waals surface area contributed by atoms with Gasteiger partial charge in [-0.2, -0.15) is 5.26 Å². The van der Waals surface area contributed by atoms with Crippen molar-refractivity contribution in [1.29, 1.82) is 5.26 Å². The van der Waals surface area contributed by atoms with E-state index in [1.165, 1.54) is 0 Å². The van der Waals surface area contributed by atoms with E-state index in [1.54, 1.807) is 30.3 Å². The summed E-state index contributed by atoms with van der Waals surface area (Å²) in [5.41, 5.74) is 0.147. The molecule has 2 fully saturated rings. The number of hydrogen-bond acceptors (Lipinski definition) is 4. The Morgan fingerprint density at radius 2 is 1.76 bits per heavy atom. The largest absolute Gasteiger partial charge is 0.457 e. The van der Waals surface area contributed by atoms with Crippen molar-refractivity contribution in [2.75, 3.05) is 0 Å². The van der Waals surface area contributed by atoms with Crippen molar-refractivity contribution in [3.8, 4) is 17.6 Å². The highest BCUT2D eigenvalue weighted by atomic mass is 35.5. The Balaban J connectivity index is 1.44. The minimum atomic E-state index is -1.00. The van der Waals surface area contributed by atoms with Crippen LogP contribution in [-0.2, 0) is 9.53 Å². The third kappa shape index (κ3) is 3.19. The summed E-state index contributed by atoms with van der Waals surface area (Å²) < 4.78 is 11.6. The zero-order valence-electron chi connectivity index (χ0n) is 15.9. The molecule has 0 N–H and O–H groups in total. The second-order valence-electron chi connectivity index (χ2n) is 7.87. The fourth-order valence-corrected chi connectivity index (χ4v) is 4.95. The van der Waals surface area contributed by atoms with Gasteiger partial charge in [0.15, 0.2) is 0 Å². The molecule has 2 aliphatic carbocycles. The van der Waals surface area contributed by atoms with Gasteiger partial charge in [0.05, 0.1) is 5.92 Å². The van der Waals surface area contributed by atoms with E-state index in [0.29, 0.717) is 17.1 Å². The number of carbonyl (C=O) groups excluding carboxylic acids is 1. The number of para-hydroxylation sites is 1. The summed E-state index contributed by atoms with van der Waals surface area (Å²) in [6.07, 6.45) is 0.777. The van der Waals surface area contributed by atoms with Crippen molar-refractivity contribution >= 4 is 29.2 Å². The monoisotopic (exact) mass is 427 g/mol. The van der Waals surface area contributed by atoms with Gasteiger partial charge in [0.1, 0.15) is 22.1 Å². The van der Waals surface area contributed by atoms with Gasteiger partial charge in [0.2, 0.25) is 6.10 Å². The number of fused-ring (bicyclic) bond motifs is 1. The SMILES string of the molecule is CC12C(C=C(Cl)Cl)C1(C)C2C(=O)O[C@H](C#N)c1cccc(Oc2ccccc2)c1. The van der Waals surface area contributed by atoms with E-state index in [1.807, 2.05) is 44.2 Å². The van der Waals surface area contributed by atoms with Gasteiger partial charge in [0.25, 0.3) is 0 Å². The molecule has 4 rings (SSSR count). The number of nitrogens with zero attached hydrogens (tertiary/aromatic N) is 1. The number of rotatable bonds is 6. The third-order valence-corrected chi connectivity index (χ3v) is 6.76. The topological polar surface area (TPSA) is 59.3 Å². The number of ether oxygens (including phenoxy) is 2. The summed E-state index contributed by atoms with van der Waals surface area (Å²) in [7, 11) is 0. The Bertz CT molecular complexity index is 1010. The molecule has 29 heavy (non-hydrogen) atoms. The Morgan fingerprint density at radius 1 is 1.10 bits per heavy atom. The Morgan fingerprint density at radius 3 is 2.38 bits per heavy atom. The number of carbonyl (C=O) groups is 1. The molecule has 148 valence electrons. The predicted octanol–water partition coefficient (Wildman–Crippen LogP) is 6.18. The molecule has 2 saturated carbocycles. The minimum Gasteiger partial charge on any atom is -0.457 e. The summed E-state index contributed by atoms with van der Waals surface area (Å²) in [6.45, 7) is 4.04. The van der Waals surface area contributed by atoms with E-state index in [0.717, 1.165) is 0 Å². The molecule has 0 saturated heterocycles. The van der Waals surface area contributed by atoms with Crippen LogP contribution in [-0.4, -0.2) is 5.97 Å². The lowest BCUT2D eigenvalue weighted by Gasteiger charge is -2.18. The lowest BCUT2D eigenvalue weighted by Crippen LogP contribution is -2.23. The quantitative estimate of drug-likeness (QED) is 0.516. The molecule has 4 nitrogen and oxygen atoms in total. The van der Waals surface area contributed by atoms with E-state index < -0.39 is 6.10 Å². The first-order valence-electron chi connectivity index (χ1n) is 9.28. The summed E-state index contributed by atoms with van der Waals surface area (Å²) >= 11 is 11.5. The highest BCUT2D eigenvalue weighted by Crippen LogP contribution is 2.94. The Labute approximate surface area is 179 Å². The van der Waals surface area contributed by atoms with Crippen LogP contribution in [0, 0.1) is 34.0 Å². The van der Waals surface area contributed by atoms with Gasteiger partial charge >= 0.3 is 5.97 Å². The van der Waals surface area contributed by atoms with Gasteiger partial charge in [-0.3, -0.25) is 4.79 Å². The fraction of sp³-hybridized carbons (Fsp3) is 0.304. The molecule has 0 aliphatic heterocycles. The first-order chi connectivity index (χ1) is 13.8. The average Bonchev–Trinajstić information content (AvgIpc) is 3.41. The number of halogens is 2. The van der Waals surface area contributed by atoms with Gasteiger partial charge in [-0.05, 0) is 47.1 Å². The lowest BCUT2D eigenvalue weighted by molar-refractivity contribution is -0.151. The zero-order chi connectivity index (χ0) is 20.8. The molecule has 0 heterocycles. The van der Waals surface area contributed by atoms with Crippen LogP contribution in [0.25, 0.3) is 0 Å². The third-order valence-electron chi connectivity index (χ3n) is 6.50. The zero-order valence-corrected chi connectivity index (χ0v) is 17.4. The number of esters is 1. The molecule has 0 radical (unpaired) electrons. The van der Waals surface area contributed by atoms with E-state index in [2.05, 4.69) is 6.07 Å². The standard InChI is InChI=1S/C23H19Cl2NO3/c1-22-18(12-19(24)25)23(22,2)20(22)21(27)29-17(13-26)14-7-6-10-16(11-14)28-15-8-4-3-5-9-15/h3-12,17-18,20H,1-2H3/t17-,18?,20?,22?,23?/m1/s1. The molecule has 0 aromatic heterocycles. The second kappa shape index (κ2) is 7.09. The van der Waals surface area contributed by atoms with Crippen LogP contribution in [0.1, 0.15) is 25.5 Å². The molecular formula is C23H19Cl2NO3. The van der Waals surface area contributed by atoms with Crippen LogP contribution in [0.3, 0.4) is 0 Å². The van der Waals surface area contributed by atoms with E-state index in [4.69, 9.17) is 32.7 Å². The van der Waals surface area contributed by atoms with Crippen LogP contribution in [0.15, 0.2) is 65.2 Å². The van der Waals surface area contributed by atoms with Crippen molar-refractivity contribution in [3.63, 3.8) is 0 Å². The Kier molecular flexibility index (Phi) is 4.85. The van der Waals surface area contributed by atoms with E-state index in [9.17, 15) is 10.1 Å². The highest BCUT2D eigenvalue weighted by molar-refractivity contribution is 6.55. The van der Waals surface area contributed by atoms with Crippen LogP contribution in [0.2, 0.25) is 0 Å². The highest BCUT2D eigenvalue weighted by Gasteiger charge is 2.94. The number of allylic oxidation sites excluding steroid dienone is 1. The maximum absolute atomic E-state index is 12.7. The first-order valence-corrected chi connectivity index (χ1v) is 10.0. The van der Waals surface area contributed by atoms with Crippen molar-refractivity contribution in [1.82, 2.24) is 0 Å². The van der Waals surface area contributed by atoms with Gasteiger partial charge < -0.3 is 9.47 Å². The molecule has 6 heteroatoms. The number of hydrogen-bond donors (Lipinski definition) is 0. The van der Waals surface area contributed by atoms with Crippen molar-refractivity contribution in [3.05, 3.63) is 70.7 Å². The normalized spacial score (nSPS) is 29.6. The summed E-state index contributed by atoms with van der Waals surface area (Å²) in [6, 6.07) is 18.4. The Hall–Kier alpha value is -2.48. The molecule has 2 aliphatic rings. The number of nitriles is 1. The average molecular weight is 428 g/mol. The molecule has 2 aromatic carbocycles. The lowest BCUT2D eigenvalue weighted by atomic mass is 9.93. The molecule has 2 aromatic rings. The predicted molar refractivity (Wildman–Crippen MR) is 110 cm³/mol. The van der Waals surface area contributed by atoms with E-state index in [-0.39, 0.29) is 33.1 Å². The number of benzene rings is 2. The van der Waals surface area contributed by atoms with Crippen LogP contribution in [0.5, 0.6) is 11.5 Å².